The number of nitrogens with one attached hydrogen (secondary N) is 2. The Balaban J connectivity index is 1.45. The van der Waals surface area contributed by atoms with Crippen molar-refractivity contribution >= 4 is 5.91 Å². The number of amides is 1. The van der Waals surface area contributed by atoms with Gasteiger partial charge in [-0.05, 0) is 18.9 Å². The van der Waals surface area contributed by atoms with Crippen LogP contribution >= 0.6 is 0 Å². The van der Waals surface area contributed by atoms with Gasteiger partial charge >= 0.3 is 0 Å². The molecule has 2 aliphatic heterocycles. The molecular weight excluding hydrogens is 281 g/mol. The van der Waals surface area contributed by atoms with Gasteiger partial charge in [0.25, 0.3) is 0 Å². The minimum Gasteiger partial charge on any atom is -0.352 e. The molecule has 2 aliphatic rings. The highest BCUT2D eigenvalue weighted by atomic mass is 19.1. The monoisotopic (exact) mass is 303 g/mol. The van der Waals surface area contributed by atoms with Crippen LogP contribution in [-0.2, 0) is 11.3 Å². The van der Waals surface area contributed by atoms with Crippen molar-refractivity contribution in [2.45, 2.75) is 31.5 Å². The van der Waals surface area contributed by atoms with E-state index in [1.807, 2.05) is 24.3 Å². The van der Waals surface area contributed by atoms with Gasteiger partial charge in [0.05, 0.1) is 0 Å². The molecule has 1 atom stereocenters. The van der Waals surface area contributed by atoms with Crippen LogP contribution < -0.4 is 10.6 Å². The minimum absolute atomic E-state index is 0.0568. The number of piperidine rings is 1. The predicted molar refractivity (Wildman–Crippen MR) is 83.8 cm³/mol. The maximum absolute atomic E-state index is 13.7. The molecule has 4 nitrogen and oxygen atoms in total. The van der Waals surface area contributed by atoms with Crippen LogP contribution in [0.25, 0.3) is 0 Å². The number of carbonyl (C=O) groups is 1. The van der Waals surface area contributed by atoms with Crippen LogP contribution in [0.1, 0.15) is 18.4 Å². The van der Waals surface area contributed by atoms with Gasteiger partial charge in [-0.1, -0.05) is 30.4 Å². The third-order valence-electron chi connectivity index (χ3n) is 4.35. The van der Waals surface area contributed by atoms with Crippen LogP contribution in [0.3, 0.4) is 0 Å². The first-order chi connectivity index (χ1) is 10.7. The standard InChI is InChI=1S/C17H22FN3O/c18-15-5-2-1-4-13(15)12-21-10-7-14(8-11-21)20-17(22)16-6-3-9-19-16/h1-6,14,16,19H,7-12H2,(H,20,22)/t16-/m0/s1. The third-order valence-corrected chi connectivity index (χ3v) is 4.35. The highest BCUT2D eigenvalue weighted by molar-refractivity contribution is 5.84. The lowest BCUT2D eigenvalue weighted by Crippen LogP contribution is -2.49. The molecule has 2 N–H and O–H groups in total. The third kappa shape index (κ3) is 3.72. The fourth-order valence-corrected chi connectivity index (χ4v) is 3.04. The number of halogens is 1. The first-order valence-corrected chi connectivity index (χ1v) is 7.88. The Bertz CT molecular complexity index is 553. The van der Waals surface area contributed by atoms with E-state index in [4.69, 9.17) is 0 Å². The lowest BCUT2D eigenvalue weighted by atomic mass is 10.0. The average Bonchev–Trinajstić information content (AvgIpc) is 3.06. The highest BCUT2D eigenvalue weighted by Crippen LogP contribution is 2.16. The molecule has 1 aromatic carbocycles. The smallest absolute Gasteiger partial charge is 0.241 e. The Kier molecular flexibility index (Phi) is 4.85. The zero-order valence-corrected chi connectivity index (χ0v) is 12.6. The van der Waals surface area contributed by atoms with Crippen LogP contribution in [0.4, 0.5) is 4.39 Å². The van der Waals surface area contributed by atoms with E-state index in [9.17, 15) is 9.18 Å². The topological polar surface area (TPSA) is 44.4 Å². The second-order valence-corrected chi connectivity index (χ2v) is 5.96. The van der Waals surface area contributed by atoms with Gasteiger partial charge in [0, 0.05) is 37.8 Å². The van der Waals surface area contributed by atoms with Crippen molar-refractivity contribution in [1.82, 2.24) is 15.5 Å². The summed E-state index contributed by atoms with van der Waals surface area (Å²) in [5.74, 6) is -0.0849. The van der Waals surface area contributed by atoms with E-state index in [0.717, 1.165) is 38.0 Å². The van der Waals surface area contributed by atoms with E-state index in [0.29, 0.717) is 6.54 Å². The molecule has 1 aromatic rings. The van der Waals surface area contributed by atoms with Gasteiger partial charge in [-0.25, -0.2) is 4.39 Å². The fraction of sp³-hybridized carbons (Fsp3) is 0.471. The second-order valence-electron chi connectivity index (χ2n) is 5.96. The molecule has 22 heavy (non-hydrogen) atoms. The van der Waals surface area contributed by atoms with Gasteiger partial charge < -0.3 is 5.32 Å². The molecule has 0 aromatic heterocycles. The van der Waals surface area contributed by atoms with Gasteiger partial charge in [0.1, 0.15) is 11.9 Å². The molecule has 0 spiro atoms. The van der Waals surface area contributed by atoms with Crippen molar-refractivity contribution in [3.05, 3.63) is 47.8 Å². The number of nitrogens with zero attached hydrogens (tertiary/aromatic N) is 1. The van der Waals surface area contributed by atoms with E-state index < -0.39 is 0 Å². The number of rotatable bonds is 4. The SMILES string of the molecule is O=C(NC1CCN(Cc2ccccc2F)CC1)[C@@H]1C=CCN1. The van der Waals surface area contributed by atoms with Crippen molar-refractivity contribution < 1.29 is 9.18 Å². The van der Waals surface area contributed by atoms with Crippen molar-refractivity contribution in [1.29, 1.82) is 0 Å². The molecule has 0 saturated carbocycles. The molecule has 0 aliphatic carbocycles. The second kappa shape index (κ2) is 7.03. The van der Waals surface area contributed by atoms with Crippen LogP contribution in [0.2, 0.25) is 0 Å². The summed E-state index contributed by atoms with van der Waals surface area (Å²) >= 11 is 0. The normalized spacial score (nSPS) is 22.9. The summed E-state index contributed by atoms with van der Waals surface area (Å²) in [4.78, 5) is 14.3. The van der Waals surface area contributed by atoms with Crippen molar-refractivity contribution in [3.8, 4) is 0 Å². The number of likely N-dealkylation sites (tertiary alicyclic amines) is 1. The maximum atomic E-state index is 13.7. The molecule has 0 bridgehead atoms. The molecular formula is C17H22FN3O. The molecule has 5 heteroatoms. The Morgan fingerprint density at radius 2 is 2.09 bits per heavy atom. The van der Waals surface area contributed by atoms with E-state index in [2.05, 4.69) is 15.5 Å². The Hall–Kier alpha value is -1.72. The van der Waals surface area contributed by atoms with Crippen molar-refractivity contribution in [3.63, 3.8) is 0 Å². The fourth-order valence-electron chi connectivity index (χ4n) is 3.04. The predicted octanol–water partition coefficient (Wildman–Crippen LogP) is 1.43. The first kappa shape index (κ1) is 15.2. The van der Waals surface area contributed by atoms with Crippen molar-refractivity contribution in [2.24, 2.45) is 0 Å². The van der Waals surface area contributed by atoms with Gasteiger partial charge in [0.15, 0.2) is 0 Å². The summed E-state index contributed by atoms with van der Waals surface area (Å²) < 4.78 is 13.7. The summed E-state index contributed by atoms with van der Waals surface area (Å²) in [6.45, 7) is 3.17. The molecule has 1 fully saturated rings. The van der Waals surface area contributed by atoms with Gasteiger partial charge in [-0.2, -0.15) is 0 Å². The van der Waals surface area contributed by atoms with E-state index in [-0.39, 0.29) is 23.8 Å². The molecule has 0 unspecified atom stereocenters. The van der Waals surface area contributed by atoms with Gasteiger partial charge in [-0.3, -0.25) is 15.0 Å². The quantitative estimate of drug-likeness (QED) is 0.827. The zero-order chi connectivity index (χ0) is 15.4. The maximum Gasteiger partial charge on any atom is 0.241 e. The minimum atomic E-state index is -0.184. The molecule has 2 heterocycles. The van der Waals surface area contributed by atoms with Gasteiger partial charge in [0.2, 0.25) is 5.91 Å². The molecule has 1 saturated heterocycles. The lowest BCUT2D eigenvalue weighted by Gasteiger charge is -2.32. The molecule has 3 rings (SSSR count). The summed E-state index contributed by atoms with van der Waals surface area (Å²) in [6, 6.07) is 6.96. The Morgan fingerprint density at radius 3 is 2.77 bits per heavy atom. The molecule has 118 valence electrons. The summed E-state index contributed by atoms with van der Waals surface area (Å²) in [7, 11) is 0. The number of carbonyl (C=O) groups excluding carboxylic acids is 1. The average molecular weight is 303 g/mol. The first-order valence-electron chi connectivity index (χ1n) is 7.88. The highest BCUT2D eigenvalue weighted by Gasteiger charge is 2.24. The Morgan fingerprint density at radius 1 is 1.32 bits per heavy atom. The summed E-state index contributed by atoms with van der Waals surface area (Å²) in [6.07, 6.45) is 5.71. The number of hydrogen-bond donors (Lipinski definition) is 2. The van der Waals surface area contributed by atoms with Crippen LogP contribution in [-0.4, -0.2) is 42.5 Å². The van der Waals surface area contributed by atoms with E-state index in [1.165, 1.54) is 6.07 Å². The molecule has 1 amide bonds. The summed E-state index contributed by atoms with van der Waals surface area (Å²) in [5, 5.41) is 6.22. The molecule has 0 radical (unpaired) electrons. The van der Waals surface area contributed by atoms with E-state index >= 15 is 0 Å². The Labute approximate surface area is 130 Å². The summed E-state index contributed by atoms with van der Waals surface area (Å²) in [5.41, 5.74) is 0.741. The largest absolute Gasteiger partial charge is 0.352 e. The number of hydrogen-bond acceptors (Lipinski definition) is 3. The zero-order valence-electron chi connectivity index (χ0n) is 12.6. The number of benzene rings is 1. The van der Waals surface area contributed by atoms with Crippen LogP contribution in [0, 0.1) is 5.82 Å². The van der Waals surface area contributed by atoms with Crippen LogP contribution in [0.5, 0.6) is 0 Å². The van der Waals surface area contributed by atoms with Crippen molar-refractivity contribution in [2.75, 3.05) is 19.6 Å². The van der Waals surface area contributed by atoms with Crippen LogP contribution in [0.15, 0.2) is 36.4 Å². The van der Waals surface area contributed by atoms with E-state index in [1.54, 1.807) is 6.07 Å². The van der Waals surface area contributed by atoms with Gasteiger partial charge in [-0.15, -0.1) is 0 Å². The lowest BCUT2D eigenvalue weighted by molar-refractivity contribution is -0.122.